The summed E-state index contributed by atoms with van der Waals surface area (Å²) in [6.45, 7) is 0. The van der Waals surface area contributed by atoms with Crippen molar-refractivity contribution in [2.24, 2.45) is 0 Å². The first-order chi connectivity index (χ1) is 31.3. The molecule has 0 aliphatic heterocycles. The van der Waals surface area contributed by atoms with E-state index in [0.717, 1.165) is 78.1 Å². The van der Waals surface area contributed by atoms with Crippen molar-refractivity contribution in [2.75, 3.05) is 4.90 Å². The molecule has 0 radical (unpaired) electrons. The molecule has 0 bridgehead atoms. The fourth-order valence-corrected chi connectivity index (χ4v) is 9.50. The average Bonchev–Trinajstić information content (AvgIpc) is 3.92. The van der Waals surface area contributed by atoms with E-state index in [4.69, 9.17) is 4.42 Å². The molecular formula is C60H40N2O. The first-order valence-electron chi connectivity index (χ1n) is 21.5. The largest absolute Gasteiger partial charge is 0.455 e. The zero-order chi connectivity index (χ0) is 41.7. The predicted molar refractivity (Wildman–Crippen MR) is 264 cm³/mol. The second-order valence-corrected chi connectivity index (χ2v) is 16.1. The number of anilines is 3. The number of nitrogens with zero attached hydrogens (tertiary/aromatic N) is 2. The minimum atomic E-state index is 0.868. The third-order valence-electron chi connectivity index (χ3n) is 12.4. The van der Waals surface area contributed by atoms with Gasteiger partial charge in [0.05, 0.1) is 16.7 Å². The Balaban J connectivity index is 0.991. The number of fused-ring (bicyclic) bond motifs is 6. The second-order valence-electron chi connectivity index (χ2n) is 16.1. The van der Waals surface area contributed by atoms with Crippen molar-refractivity contribution in [3.05, 3.63) is 243 Å². The lowest BCUT2D eigenvalue weighted by atomic mass is 9.95. The van der Waals surface area contributed by atoms with Crippen LogP contribution in [0.5, 0.6) is 0 Å². The monoisotopic (exact) mass is 804 g/mol. The lowest BCUT2D eigenvalue weighted by Gasteiger charge is -2.28. The summed E-state index contributed by atoms with van der Waals surface area (Å²) in [4.78, 5) is 2.39. The molecular weight excluding hydrogens is 765 g/mol. The van der Waals surface area contributed by atoms with E-state index in [2.05, 4.69) is 252 Å². The summed E-state index contributed by atoms with van der Waals surface area (Å²) in [7, 11) is 0. The van der Waals surface area contributed by atoms with Crippen LogP contribution in [0, 0.1) is 0 Å². The van der Waals surface area contributed by atoms with Gasteiger partial charge in [0, 0.05) is 49.7 Å². The first-order valence-corrected chi connectivity index (χ1v) is 21.5. The molecule has 0 spiro atoms. The van der Waals surface area contributed by atoms with E-state index in [1.165, 1.54) is 32.9 Å². The molecule has 3 nitrogen and oxygen atoms in total. The van der Waals surface area contributed by atoms with E-state index in [-0.39, 0.29) is 0 Å². The van der Waals surface area contributed by atoms with Gasteiger partial charge in [-0.2, -0.15) is 0 Å². The Morgan fingerprint density at radius 1 is 0.333 bits per heavy atom. The van der Waals surface area contributed by atoms with Crippen LogP contribution in [-0.2, 0) is 0 Å². The molecule has 0 aliphatic rings. The van der Waals surface area contributed by atoms with Crippen LogP contribution in [0.3, 0.4) is 0 Å². The minimum absolute atomic E-state index is 0.868. The van der Waals surface area contributed by atoms with Crippen molar-refractivity contribution in [1.82, 2.24) is 4.57 Å². The maximum atomic E-state index is 6.74. The van der Waals surface area contributed by atoms with Crippen LogP contribution in [0.2, 0.25) is 0 Å². The number of aromatic nitrogens is 1. The van der Waals surface area contributed by atoms with Gasteiger partial charge in [0.2, 0.25) is 0 Å². The standard InChI is InChI=1S/C60H40N2O/c1-3-16-41(17-4-1)42-32-36-46(37-33-42)61(47-38-34-43(35-39-47)45-20-13-21-48(40-45)62-56-29-11-7-22-50(56)51-23-8-12-30-57(51)62)55-28-10-9-24-52(55)53-26-15-31-58-59(53)54-27-14-25-49(60(54)63-58)44-18-5-2-6-19-44/h1-40H. The van der Waals surface area contributed by atoms with Crippen molar-refractivity contribution >= 4 is 60.8 Å². The Kier molecular flexibility index (Phi) is 8.83. The molecule has 0 unspecified atom stereocenters. The predicted octanol–water partition coefficient (Wildman–Crippen LogP) is 16.8. The highest BCUT2D eigenvalue weighted by molar-refractivity contribution is 6.16. The highest BCUT2D eigenvalue weighted by Crippen LogP contribution is 2.46. The van der Waals surface area contributed by atoms with Gasteiger partial charge >= 0.3 is 0 Å². The van der Waals surface area contributed by atoms with Gasteiger partial charge in [-0.25, -0.2) is 0 Å². The van der Waals surface area contributed by atoms with Crippen LogP contribution >= 0.6 is 0 Å². The number of para-hydroxylation sites is 4. The van der Waals surface area contributed by atoms with Gasteiger partial charge in [0.1, 0.15) is 11.2 Å². The second kappa shape index (κ2) is 15.3. The molecule has 0 fully saturated rings. The summed E-state index contributed by atoms with van der Waals surface area (Å²) in [5, 5.41) is 4.72. The maximum Gasteiger partial charge on any atom is 0.143 e. The van der Waals surface area contributed by atoms with E-state index in [9.17, 15) is 0 Å². The Labute approximate surface area is 366 Å². The number of hydrogen-bond donors (Lipinski definition) is 0. The van der Waals surface area contributed by atoms with E-state index in [1.807, 2.05) is 0 Å². The van der Waals surface area contributed by atoms with E-state index < -0.39 is 0 Å². The summed E-state index contributed by atoms with van der Waals surface area (Å²) in [6, 6.07) is 86.9. The summed E-state index contributed by atoms with van der Waals surface area (Å²) < 4.78 is 9.12. The van der Waals surface area contributed by atoms with E-state index in [0.29, 0.717) is 0 Å². The van der Waals surface area contributed by atoms with Crippen LogP contribution in [0.1, 0.15) is 0 Å². The molecule has 0 aliphatic carbocycles. The molecule has 0 saturated heterocycles. The molecule has 2 heterocycles. The Morgan fingerprint density at radius 2 is 0.825 bits per heavy atom. The van der Waals surface area contributed by atoms with Crippen LogP contribution in [-0.4, -0.2) is 4.57 Å². The zero-order valence-electron chi connectivity index (χ0n) is 34.4. The highest BCUT2D eigenvalue weighted by atomic mass is 16.3. The lowest BCUT2D eigenvalue weighted by Crippen LogP contribution is -2.11. The molecule has 0 saturated carbocycles. The normalized spacial score (nSPS) is 11.5. The van der Waals surface area contributed by atoms with Gasteiger partial charge in [-0.1, -0.05) is 182 Å². The molecule has 0 N–H and O–H groups in total. The van der Waals surface area contributed by atoms with Crippen molar-refractivity contribution in [3.8, 4) is 50.2 Å². The summed E-state index contributed by atoms with van der Waals surface area (Å²) in [5.41, 5.74) is 17.7. The quantitative estimate of drug-likeness (QED) is 0.153. The Bertz CT molecular complexity index is 3550. The van der Waals surface area contributed by atoms with Crippen LogP contribution in [0.4, 0.5) is 17.1 Å². The van der Waals surface area contributed by atoms with Crippen LogP contribution in [0.15, 0.2) is 247 Å². The van der Waals surface area contributed by atoms with Gasteiger partial charge in [0.25, 0.3) is 0 Å². The van der Waals surface area contributed by atoms with Gasteiger partial charge in [-0.3, -0.25) is 0 Å². The fraction of sp³-hybridized carbons (Fsp3) is 0. The molecule has 296 valence electrons. The fourth-order valence-electron chi connectivity index (χ4n) is 9.50. The van der Waals surface area contributed by atoms with Crippen LogP contribution in [0.25, 0.3) is 93.9 Å². The topological polar surface area (TPSA) is 21.3 Å². The molecule has 63 heavy (non-hydrogen) atoms. The Morgan fingerprint density at radius 3 is 1.52 bits per heavy atom. The molecule has 2 aromatic heterocycles. The molecule has 0 atom stereocenters. The molecule has 12 aromatic rings. The summed E-state index contributed by atoms with van der Waals surface area (Å²) >= 11 is 0. The number of hydrogen-bond acceptors (Lipinski definition) is 2. The van der Waals surface area contributed by atoms with Crippen molar-refractivity contribution in [2.45, 2.75) is 0 Å². The van der Waals surface area contributed by atoms with Crippen molar-refractivity contribution in [3.63, 3.8) is 0 Å². The van der Waals surface area contributed by atoms with Crippen LogP contribution < -0.4 is 4.90 Å². The average molecular weight is 805 g/mol. The minimum Gasteiger partial charge on any atom is -0.455 e. The first kappa shape index (κ1) is 36.5. The van der Waals surface area contributed by atoms with Gasteiger partial charge in [0.15, 0.2) is 0 Å². The SMILES string of the molecule is c1ccc(-c2ccc(N(c3ccc(-c4cccc(-n5c6ccccc6c6ccccc65)c4)cc3)c3ccccc3-c3cccc4oc5c(-c6ccccc6)cccc5c34)cc2)cc1. The lowest BCUT2D eigenvalue weighted by molar-refractivity contribution is 0.670. The number of benzene rings is 10. The maximum absolute atomic E-state index is 6.74. The number of furan rings is 1. The highest BCUT2D eigenvalue weighted by Gasteiger charge is 2.22. The third kappa shape index (κ3) is 6.29. The molecule has 12 rings (SSSR count). The van der Waals surface area contributed by atoms with Crippen molar-refractivity contribution in [1.29, 1.82) is 0 Å². The molecule has 3 heteroatoms. The van der Waals surface area contributed by atoms with Gasteiger partial charge in [-0.15, -0.1) is 0 Å². The Hall–Kier alpha value is -8.40. The van der Waals surface area contributed by atoms with Gasteiger partial charge in [-0.05, 0) is 94.0 Å². The smallest absolute Gasteiger partial charge is 0.143 e. The number of rotatable bonds is 8. The molecule has 0 amide bonds. The van der Waals surface area contributed by atoms with E-state index in [1.54, 1.807) is 0 Å². The van der Waals surface area contributed by atoms with Crippen molar-refractivity contribution < 1.29 is 4.42 Å². The molecule has 10 aromatic carbocycles. The van der Waals surface area contributed by atoms with E-state index >= 15 is 0 Å². The summed E-state index contributed by atoms with van der Waals surface area (Å²) in [6.07, 6.45) is 0. The van der Waals surface area contributed by atoms with Gasteiger partial charge < -0.3 is 13.9 Å². The third-order valence-corrected chi connectivity index (χ3v) is 12.4. The zero-order valence-corrected chi connectivity index (χ0v) is 34.4. The summed E-state index contributed by atoms with van der Waals surface area (Å²) in [5.74, 6) is 0.